The number of hydrogen-bond donors (Lipinski definition) is 2. The molecule has 0 heterocycles. The van der Waals surface area contributed by atoms with Gasteiger partial charge >= 0.3 is 19.8 Å². The van der Waals surface area contributed by atoms with Crippen LogP contribution in [0.15, 0.2) is 36.5 Å². The molecule has 0 aromatic rings. The largest absolute Gasteiger partial charge is 0.472 e. The molecule has 10 heteroatoms. The van der Waals surface area contributed by atoms with Crippen LogP contribution in [0.5, 0.6) is 0 Å². The van der Waals surface area contributed by atoms with E-state index in [1.54, 1.807) is 0 Å². The molecule has 0 saturated heterocycles. The molecule has 0 bridgehead atoms. The van der Waals surface area contributed by atoms with Crippen LogP contribution in [0.2, 0.25) is 0 Å². The molecule has 0 aliphatic heterocycles. The first kappa shape index (κ1) is 58.2. The van der Waals surface area contributed by atoms with E-state index in [1.807, 2.05) is 0 Å². The van der Waals surface area contributed by atoms with Crippen LogP contribution in [0.3, 0.4) is 0 Å². The van der Waals surface area contributed by atoms with Gasteiger partial charge in [0.05, 0.1) is 13.2 Å². The van der Waals surface area contributed by atoms with Gasteiger partial charge in [-0.25, -0.2) is 4.57 Å². The lowest BCUT2D eigenvalue weighted by atomic mass is 10.0. The van der Waals surface area contributed by atoms with Crippen LogP contribution in [0, 0.1) is 0 Å². The number of rotatable bonds is 47. The molecule has 352 valence electrons. The van der Waals surface area contributed by atoms with Gasteiger partial charge in [-0.05, 0) is 70.6 Å². The number of carbonyl (C=O) groups excluding carboxylic acids is 2. The molecule has 0 aliphatic rings. The molecule has 0 aliphatic carbocycles. The maximum atomic E-state index is 12.6. The van der Waals surface area contributed by atoms with Gasteiger partial charge in [0, 0.05) is 19.4 Å². The van der Waals surface area contributed by atoms with Gasteiger partial charge < -0.3 is 20.1 Å². The van der Waals surface area contributed by atoms with Gasteiger partial charge in [0.1, 0.15) is 6.61 Å². The summed E-state index contributed by atoms with van der Waals surface area (Å²) >= 11 is 0. The van der Waals surface area contributed by atoms with E-state index in [-0.39, 0.29) is 38.6 Å². The molecule has 60 heavy (non-hydrogen) atoms. The molecule has 0 fully saturated rings. The Balaban J connectivity index is 4.04. The summed E-state index contributed by atoms with van der Waals surface area (Å²) in [5.74, 6) is -0.838. The van der Waals surface area contributed by atoms with Gasteiger partial charge in [0.25, 0.3) is 0 Å². The molecular weight excluding hydrogens is 774 g/mol. The number of unbranched alkanes of at least 4 members (excludes halogenated alkanes) is 28. The lowest BCUT2D eigenvalue weighted by Crippen LogP contribution is -2.29. The Labute approximate surface area is 369 Å². The number of esters is 2. The number of nitrogens with two attached hydrogens (primary N) is 1. The number of allylic oxidation sites excluding steroid dienone is 6. The zero-order chi connectivity index (χ0) is 43.9. The van der Waals surface area contributed by atoms with Crippen molar-refractivity contribution in [3.63, 3.8) is 0 Å². The fourth-order valence-electron chi connectivity index (χ4n) is 7.01. The normalized spacial score (nSPS) is 13.5. The van der Waals surface area contributed by atoms with Crippen molar-refractivity contribution in [2.45, 2.75) is 245 Å². The molecule has 2 unspecified atom stereocenters. The number of hydrogen-bond acceptors (Lipinski definition) is 8. The zero-order valence-corrected chi connectivity index (χ0v) is 39.8. The lowest BCUT2D eigenvalue weighted by Gasteiger charge is -2.19. The van der Waals surface area contributed by atoms with E-state index < -0.39 is 26.5 Å². The fourth-order valence-corrected chi connectivity index (χ4v) is 7.78. The van der Waals surface area contributed by atoms with Gasteiger partial charge in [-0.15, -0.1) is 0 Å². The number of phosphoric acid groups is 1. The smallest absolute Gasteiger partial charge is 0.462 e. The summed E-state index contributed by atoms with van der Waals surface area (Å²) in [7, 11) is -4.38. The fraction of sp³-hybridized carbons (Fsp3) is 0.840. The van der Waals surface area contributed by atoms with Crippen molar-refractivity contribution < 1.29 is 37.6 Å². The monoisotopic (exact) mass is 868 g/mol. The summed E-state index contributed by atoms with van der Waals surface area (Å²) in [6, 6.07) is 0. The summed E-state index contributed by atoms with van der Waals surface area (Å²) in [5, 5.41) is 0. The van der Waals surface area contributed by atoms with Crippen LogP contribution in [0.25, 0.3) is 0 Å². The maximum Gasteiger partial charge on any atom is 0.472 e. The molecule has 0 aromatic heterocycles. The SMILES string of the molecule is CCCCCC/C=C\C/C=C\CCCCCCCC(=O)OC(COC(=O)CCCCCCCCCCCCC/C=C\CCCCCCCCCC)COP(=O)(O)OCCN. The van der Waals surface area contributed by atoms with Crippen molar-refractivity contribution in [1.29, 1.82) is 0 Å². The molecule has 0 amide bonds. The zero-order valence-electron chi connectivity index (χ0n) is 38.9. The van der Waals surface area contributed by atoms with Crippen LogP contribution < -0.4 is 5.73 Å². The maximum absolute atomic E-state index is 12.6. The third kappa shape index (κ3) is 45.7. The van der Waals surface area contributed by atoms with Crippen LogP contribution in [0.4, 0.5) is 0 Å². The summed E-state index contributed by atoms with van der Waals surface area (Å²) < 4.78 is 32.9. The molecule has 0 radical (unpaired) electrons. The topological polar surface area (TPSA) is 134 Å². The standard InChI is InChI=1S/C50H94NO8P/c1-3-5-7-9-11-13-15-17-19-21-22-23-24-25-26-27-29-30-32-34-36-38-40-42-49(52)56-46-48(47-58-60(54,55)57-45-44-51)59-50(53)43-41-39-37-35-33-31-28-20-18-16-14-12-10-8-6-4-2/h14,16,20-22,28,48H,3-13,15,17-19,23-27,29-47,51H2,1-2H3,(H,54,55)/b16-14-,22-21-,28-20-. The van der Waals surface area contributed by atoms with Crippen LogP contribution >= 0.6 is 7.82 Å². The van der Waals surface area contributed by atoms with Gasteiger partial charge in [-0.1, -0.05) is 192 Å². The van der Waals surface area contributed by atoms with Gasteiger partial charge in [-0.3, -0.25) is 18.6 Å². The van der Waals surface area contributed by atoms with Gasteiger partial charge in [0.15, 0.2) is 6.10 Å². The average molecular weight is 868 g/mol. The summed E-state index contributed by atoms with van der Waals surface area (Å²) in [5.41, 5.74) is 5.36. The van der Waals surface area contributed by atoms with Crippen molar-refractivity contribution in [2.75, 3.05) is 26.4 Å². The first-order valence-electron chi connectivity index (χ1n) is 25.0. The molecule has 2 atom stereocenters. The molecule has 9 nitrogen and oxygen atoms in total. The quantitative estimate of drug-likeness (QED) is 0.0265. The van der Waals surface area contributed by atoms with E-state index in [2.05, 4.69) is 50.3 Å². The Morgan fingerprint density at radius 3 is 1.30 bits per heavy atom. The molecule has 0 saturated carbocycles. The van der Waals surface area contributed by atoms with Crippen molar-refractivity contribution in [1.82, 2.24) is 0 Å². The Morgan fingerprint density at radius 2 is 0.867 bits per heavy atom. The Hall–Kier alpha value is -1.77. The third-order valence-corrected chi connectivity index (χ3v) is 11.7. The first-order valence-corrected chi connectivity index (χ1v) is 26.5. The number of phosphoric ester groups is 1. The van der Waals surface area contributed by atoms with Crippen LogP contribution in [0.1, 0.15) is 239 Å². The van der Waals surface area contributed by atoms with Crippen molar-refractivity contribution in [2.24, 2.45) is 5.73 Å². The average Bonchev–Trinajstić information content (AvgIpc) is 3.24. The number of carbonyl (C=O) groups is 2. The lowest BCUT2D eigenvalue weighted by molar-refractivity contribution is -0.161. The summed E-state index contributed by atoms with van der Waals surface area (Å²) in [6.07, 6.45) is 53.2. The highest BCUT2D eigenvalue weighted by Gasteiger charge is 2.26. The minimum Gasteiger partial charge on any atom is -0.462 e. The molecule has 0 rings (SSSR count). The van der Waals surface area contributed by atoms with E-state index in [0.29, 0.717) is 6.42 Å². The molecule has 0 spiro atoms. The predicted octanol–water partition coefficient (Wildman–Crippen LogP) is 14.9. The van der Waals surface area contributed by atoms with Crippen molar-refractivity contribution in [3.05, 3.63) is 36.5 Å². The second-order valence-electron chi connectivity index (χ2n) is 16.7. The van der Waals surface area contributed by atoms with E-state index in [0.717, 1.165) is 57.8 Å². The highest BCUT2D eigenvalue weighted by molar-refractivity contribution is 7.47. The number of ether oxygens (including phenoxy) is 2. The minimum atomic E-state index is -4.38. The van der Waals surface area contributed by atoms with Crippen LogP contribution in [-0.4, -0.2) is 49.3 Å². The van der Waals surface area contributed by atoms with E-state index in [1.165, 1.54) is 148 Å². The highest BCUT2D eigenvalue weighted by Crippen LogP contribution is 2.43. The molecule has 0 aromatic carbocycles. The summed E-state index contributed by atoms with van der Waals surface area (Å²) in [6.45, 7) is 3.73. The van der Waals surface area contributed by atoms with E-state index in [9.17, 15) is 19.0 Å². The van der Waals surface area contributed by atoms with Gasteiger partial charge in [-0.2, -0.15) is 0 Å². The van der Waals surface area contributed by atoms with Crippen molar-refractivity contribution >= 4 is 19.8 Å². The predicted molar refractivity (Wildman–Crippen MR) is 252 cm³/mol. The molecular formula is C50H94NO8P. The van der Waals surface area contributed by atoms with Gasteiger partial charge in [0.2, 0.25) is 0 Å². The highest BCUT2D eigenvalue weighted by atomic mass is 31.2. The Morgan fingerprint density at radius 1 is 0.500 bits per heavy atom. The minimum absolute atomic E-state index is 0.0510. The van der Waals surface area contributed by atoms with E-state index >= 15 is 0 Å². The second-order valence-corrected chi connectivity index (χ2v) is 18.1. The molecule has 3 N–H and O–H groups in total. The second kappa shape index (κ2) is 46.7. The first-order chi connectivity index (χ1) is 29.3. The van der Waals surface area contributed by atoms with E-state index in [4.69, 9.17) is 24.3 Å². The Bertz CT molecular complexity index is 1080. The van der Waals surface area contributed by atoms with Crippen LogP contribution in [-0.2, 0) is 32.7 Å². The van der Waals surface area contributed by atoms with Crippen molar-refractivity contribution in [3.8, 4) is 0 Å². The third-order valence-electron chi connectivity index (χ3n) is 10.7. The Kier molecular flexibility index (Phi) is 45.3. The summed E-state index contributed by atoms with van der Waals surface area (Å²) in [4.78, 5) is 35.0.